The summed E-state index contributed by atoms with van der Waals surface area (Å²) in [5, 5.41) is 9.33. The van der Waals surface area contributed by atoms with Gasteiger partial charge >= 0.3 is 12.2 Å². The zero-order chi connectivity index (χ0) is 36.6. The number of amides is 1. The van der Waals surface area contributed by atoms with Crippen LogP contribution in [0.5, 0.6) is 6.01 Å². The minimum Gasteiger partial charge on any atom is -0.462 e. The smallest absolute Gasteiger partial charge is 0.417 e. The van der Waals surface area contributed by atoms with E-state index in [9.17, 15) is 14.4 Å². The number of hydrogen-bond acceptors (Lipinski definition) is 9. The normalized spacial score (nSPS) is 21.5. The topological polar surface area (TPSA) is 112 Å². The molecule has 15 heteroatoms. The van der Waals surface area contributed by atoms with E-state index in [1.807, 2.05) is 20.0 Å². The molecule has 3 fully saturated rings. The van der Waals surface area contributed by atoms with Crippen LogP contribution >= 0.6 is 11.3 Å². The second kappa shape index (κ2) is 12.6. The predicted molar refractivity (Wildman–Crippen MR) is 185 cm³/mol. The summed E-state index contributed by atoms with van der Waals surface area (Å²) in [6.07, 6.45) is -0.223. The number of rotatable bonds is 8. The maximum Gasteiger partial charge on any atom is 0.417 e. The molecule has 1 aliphatic carbocycles. The summed E-state index contributed by atoms with van der Waals surface area (Å²) in [7, 11) is 2.01. The summed E-state index contributed by atoms with van der Waals surface area (Å²) in [5.74, 6) is -2.39. The van der Waals surface area contributed by atoms with Gasteiger partial charge in [-0.05, 0) is 75.8 Å². The Morgan fingerprint density at radius 2 is 2.04 bits per heavy atom. The number of carbonyl (C=O) groups excluding carboxylic acids is 1. The Morgan fingerprint density at radius 3 is 2.67 bits per heavy atom. The molecule has 2 aromatic carbocycles. The minimum absolute atomic E-state index is 0.0263. The lowest BCUT2D eigenvalue weighted by Crippen LogP contribution is -2.45. The molecule has 4 heterocycles. The number of nitrogen functional groups attached to an aromatic ring is 1. The van der Waals surface area contributed by atoms with Crippen molar-refractivity contribution in [3.63, 3.8) is 0 Å². The molecule has 3 aliphatic rings. The number of anilines is 2. The zero-order valence-electron chi connectivity index (χ0n) is 28.3. The third-order valence-electron chi connectivity index (χ3n) is 10.8. The van der Waals surface area contributed by atoms with Gasteiger partial charge in [0.15, 0.2) is 5.82 Å². The molecule has 2 aromatic heterocycles. The Bertz CT molecular complexity index is 2130. The summed E-state index contributed by atoms with van der Waals surface area (Å²) in [6.45, 7) is 8.98. The van der Waals surface area contributed by atoms with Gasteiger partial charge in [-0.3, -0.25) is 9.69 Å². The number of likely N-dealkylation sites (tertiary alicyclic amines) is 2. The maximum atomic E-state index is 17.2. The van der Waals surface area contributed by atoms with Crippen molar-refractivity contribution in [2.45, 2.75) is 63.8 Å². The third-order valence-corrected chi connectivity index (χ3v) is 11.8. The first-order valence-electron chi connectivity index (χ1n) is 16.8. The van der Waals surface area contributed by atoms with Gasteiger partial charge in [-0.1, -0.05) is 12.6 Å². The van der Waals surface area contributed by atoms with E-state index < -0.39 is 34.5 Å². The largest absolute Gasteiger partial charge is 0.462 e. The second-order valence-electron chi connectivity index (χ2n) is 13.8. The average Bonchev–Trinajstić information content (AvgIpc) is 3.42. The van der Waals surface area contributed by atoms with Gasteiger partial charge in [-0.2, -0.15) is 28.4 Å². The number of nitrogens with zero attached hydrogens (tertiary/aromatic N) is 6. The van der Waals surface area contributed by atoms with Crippen molar-refractivity contribution in [1.82, 2.24) is 19.8 Å². The van der Waals surface area contributed by atoms with Crippen LogP contribution in [0.2, 0.25) is 0 Å². The van der Waals surface area contributed by atoms with Crippen LogP contribution in [0.25, 0.3) is 32.1 Å². The van der Waals surface area contributed by atoms with Gasteiger partial charge in [-0.25, -0.2) is 8.78 Å². The summed E-state index contributed by atoms with van der Waals surface area (Å²) in [4.78, 5) is 27.2. The van der Waals surface area contributed by atoms with Crippen LogP contribution in [0, 0.1) is 28.4 Å². The highest BCUT2D eigenvalue weighted by Gasteiger charge is 2.51. The number of likely N-dealkylation sites (N-methyl/N-ethyl adjacent to an activating group) is 2. The molecule has 7 rings (SSSR count). The van der Waals surface area contributed by atoms with Crippen LogP contribution in [0.1, 0.15) is 50.7 Å². The zero-order valence-corrected chi connectivity index (χ0v) is 29.1. The van der Waals surface area contributed by atoms with E-state index in [1.165, 1.54) is 6.08 Å². The lowest BCUT2D eigenvalue weighted by Gasteiger charge is -2.34. The highest BCUT2D eigenvalue weighted by atomic mass is 32.1. The molecule has 1 amide bonds. The maximum absolute atomic E-state index is 17.2. The molecule has 51 heavy (non-hydrogen) atoms. The van der Waals surface area contributed by atoms with Gasteiger partial charge in [0, 0.05) is 48.1 Å². The van der Waals surface area contributed by atoms with E-state index in [0.717, 1.165) is 44.0 Å². The Kier molecular flexibility index (Phi) is 8.61. The highest BCUT2D eigenvalue weighted by molar-refractivity contribution is 7.23. The van der Waals surface area contributed by atoms with Crippen molar-refractivity contribution >= 4 is 49.1 Å². The molecule has 9 nitrogen and oxygen atoms in total. The first-order chi connectivity index (χ1) is 24.2. The molecule has 268 valence electrons. The molecule has 2 aliphatic heterocycles. The summed E-state index contributed by atoms with van der Waals surface area (Å²) in [5.41, 5.74) is 2.99. The van der Waals surface area contributed by atoms with E-state index in [4.69, 9.17) is 10.5 Å². The average molecular weight is 726 g/mol. The number of nitriles is 1. The van der Waals surface area contributed by atoms with Crippen molar-refractivity contribution in [2.24, 2.45) is 5.41 Å². The number of aromatic nitrogens is 2. The standard InChI is InChI=1S/C36H36F5N7O2S/c1-5-26(49)48-12-9-25(18(48)3)47(6-2)33-21-13-23(36(39,40)41)28(20-7-8-24(37)31-27(20)22(15-42)32(43)51-31)29(38)30(21)44-34(45-33)50-16-19-14-35(10-11-35)17-46(19)4/h5,7-8,13,18-19,25H,1,6,9-12,14,16-17,43H2,2-4H3. The summed E-state index contributed by atoms with van der Waals surface area (Å²) in [6, 6.07) is 3.67. The van der Waals surface area contributed by atoms with Crippen LogP contribution in [0.3, 0.4) is 0 Å². The number of alkyl halides is 3. The van der Waals surface area contributed by atoms with E-state index in [0.29, 0.717) is 24.3 Å². The number of hydrogen-bond donors (Lipinski definition) is 1. The van der Waals surface area contributed by atoms with Crippen molar-refractivity contribution in [3.05, 3.63) is 53.6 Å². The van der Waals surface area contributed by atoms with Gasteiger partial charge in [0.25, 0.3) is 0 Å². The lowest BCUT2D eigenvalue weighted by molar-refractivity contribution is -0.137. The second-order valence-corrected chi connectivity index (χ2v) is 14.8. The molecule has 0 radical (unpaired) electrons. The monoisotopic (exact) mass is 725 g/mol. The van der Waals surface area contributed by atoms with Gasteiger partial charge in [-0.15, -0.1) is 11.3 Å². The van der Waals surface area contributed by atoms with Crippen molar-refractivity contribution < 1.29 is 31.5 Å². The van der Waals surface area contributed by atoms with Crippen LogP contribution in [-0.4, -0.2) is 77.1 Å². The molecule has 0 bridgehead atoms. The van der Waals surface area contributed by atoms with Crippen LogP contribution in [0.15, 0.2) is 30.9 Å². The highest BCUT2D eigenvalue weighted by Crippen LogP contribution is 2.54. The first kappa shape index (κ1) is 34.9. The third kappa shape index (κ3) is 5.82. The van der Waals surface area contributed by atoms with E-state index >= 15 is 17.6 Å². The molecule has 3 atom stereocenters. The van der Waals surface area contributed by atoms with Crippen molar-refractivity contribution in [1.29, 1.82) is 5.26 Å². The molecule has 1 spiro atoms. The van der Waals surface area contributed by atoms with Crippen molar-refractivity contribution in [3.8, 4) is 23.2 Å². The number of benzene rings is 2. The molecule has 3 unspecified atom stereocenters. The van der Waals surface area contributed by atoms with Crippen LogP contribution in [-0.2, 0) is 11.0 Å². The van der Waals surface area contributed by atoms with Crippen molar-refractivity contribution in [2.75, 3.05) is 43.9 Å². The fourth-order valence-corrected chi connectivity index (χ4v) is 9.00. The Balaban J connectivity index is 1.45. The summed E-state index contributed by atoms with van der Waals surface area (Å²) < 4.78 is 83.4. The van der Waals surface area contributed by atoms with Gasteiger partial charge in [0.05, 0.1) is 21.9 Å². The van der Waals surface area contributed by atoms with Gasteiger partial charge in [0.1, 0.15) is 34.8 Å². The fourth-order valence-electron chi connectivity index (χ4n) is 8.05. The number of thiophene rings is 1. The number of halogens is 5. The molecule has 2 N–H and O–H groups in total. The Labute approximate surface area is 295 Å². The minimum atomic E-state index is -5.09. The van der Waals surface area contributed by atoms with E-state index in [-0.39, 0.29) is 86.0 Å². The molecule has 1 saturated carbocycles. The summed E-state index contributed by atoms with van der Waals surface area (Å²) >= 11 is 0.701. The van der Waals surface area contributed by atoms with E-state index in [1.54, 1.807) is 16.7 Å². The van der Waals surface area contributed by atoms with Gasteiger partial charge in [0.2, 0.25) is 5.91 Å². The fraction of sp³-hybridized carbons (Fsp3) is 0.444. The van der Waals surface area contributed by atoms with E-state index in [2.05, 4.69) is 21.4 Å². The molecule has 2 saturated heterocycles. The predicted octanol–water partition coefficient (Wildman–Crippen LogP) is 7.13. The van der Waals surface area contributed by atoms with Gasteiger partial charge < -0.3 is 20.3 Å². The number of nitrogens with two attached hydrogens (primary N) is 1. The Hall–Kier alpha value is -4.55. The molecule has 4 aromatic rings. The molecular formula is C36H36F5N7O2S. The number of carbonyl (C=O) groups is 1. The molecular weight excluding hydrogens is 690 g/mol. The SMILES string of the molecule is C=CC(=O)N1CCC(N(CC)c2nc(OCC3CC4(CC4)CN3C)nc3c(F)c(-c4ccc(F)c5sc(N)c(C#N)c45)c(C(F)(F)F)cc23)C1C. The Morgan fingerprint density at radius 1 is 1.29 bits per heavy atom. The van der Waals surface area contributed by atoms with Crippen LogP contribution in [0.4, 0.5) is 32.8 Å². The lowest BCUT2D eigenvalue weighted by atomic mass is 9.92. The van der Waals surface area contributed by atoms with Crippen LogP contribution < -0.4 is 15.4 Å². The number of fused-ring (bicyclic) bond motifs is 2. The first-order valence-corrected chi connectivity index (χ1v) is 17.6. The quantitative estimate of drug-likeness (QED) is 0.151. The number of ether oxygens (including phenoxy) is 1.